The lowest BCUT2D eigenvalue weighted by atomic mass is 10.00. The third-order valence-electron chi connectivity index (χ3n) is 4.47. The zero-order chi connectivity index (χ0) is 20.6. The van der Waals surface area contributed by atoms with Crippen molar-refractivity contribution in [2.24, 2.45) is 5.73 Å². The van der Waals surface area contributed by atoms with Crippen LogP contribution in [0.5, 0.6) is 0 Å². The molecule has 0 bridgehead atoms. The molecule has 0 unspecified atom stereocenters. The molecule has 0 aliphatic carbocycles. The van der Waals surface area contributed by atoms with E-state index in [-0.39, 0.29) is 0 Å². The van der Waals surface area contributed by atoms with Gasteiger partial charge in [-0.3, -0.25) is 9.78 Å². The van der Waals surface area contributed by atoms with Crippen LogP contribution in [0.15, 0.2) is 55.2 Å². The summed E-state index contributed by atoms with van der Waals surface area (Å²) in [5.74, 6) is -0.0494. The fourth-order valence-electron chi connectivity index (χ4n) is 2.98. The minimum absolute atomic E-state index is 0.404. The van der Waals surface area contributed by atoms with Gasteiger partial charge >= 0.3 is 0 Å². The van der Waals surface area contributed by atoms with E-state index in [0.717, 1.165) is 5.56 Å². The minimum atomic E-state index is -0.561. The molecule has 4 aromatic heterocycles. The van der Waals surface area contributed by atoms with Gasteiger partial charge in [0.25, 0.3) is 0 Å². The molecule has 8 nitrogen and oxygen atoms in total. The number of nitrogens with zero attached hydrogens (tertiary/aromatic N) is 5. The Labute approximate surface area is 171 Å². The molecule has 0 aromatic carbocycles. The summed E-state index contributed by atoms with van der Waals surface area (Å²) < 4.78 is 1.81. The number of nitrogens with two attached hydrogens (primary N) is 1. The van der Waals surface area contributed by atoms with E-state index in [1.165, 1.54) is 0 Å². The van der Waals surface area contributed by atoms with Crippen LogP contribution in [-0.2, 0) is 5.54 Å². The lowest BCUT2D eigenvalue weighted by Gasteiger charge is -2.26. The molecule has 0 saturated heterocycles. The summed E-state index contributed by atoms with van der Waals surface area (Å²) in [6.45, 7) is 3.91. The maximum absolute atomic E-state index is 11.3. The molecule has 0 aliphatic rings. The Kier molecular flexibility index (Phi) is 4.63. The lowest BCUT2D eigenvalue weighted by molar-refractivity contribution is 0.100. The lowest BCUT2D eigenvalue weighted by Crippen LogP contribution is -2.30. The molecular weight excluding hydrogens is 390 g/mol. The average molecular weight is 408 g/mol. The number of amides is 1. The molecule has 3 N–H and O–H groups in total. The first-order valence-corrected chi connectivity index (χ1v) is 9.21. The molecule has 0 atom stereocenters. The zero-order valence-electron chi connectivity index (χ0n) is 15.8. The van der Waals surface area contributed by atoms with Crippen LogP contribution in [0.3, 0.4) is 0 Å². The molecule has 29 heavy (non-hydrogen) atoms. The second-order valence-electron chi connectivity index (χ2n) is 7.05. The van der Waals surface area contributed by atoms with E-state index in [2.05, 4.69) is 25.3 Å². The Morgan fingerprint density at radius 2 is 1.97 bits per heavy atom. The fraction of sp³-hybridized carbons (Fsp3) is 0.150. The van der Waals surface area contributed by atoms with E-state index in [9.17, 15) is 4.79 Å². The smallest absolute Gasteiger partial charge is 0.248 e. The molecule has 0 fully saturated rings. The Morgan fingerprint density at radius 1 is 1.21 bits per heavy atom. The van der Waals surface area contributed by atoms with E-state index < -0.39 is 11.4 Å². The van der Waals surface area contributed by atoms with E-state index >= 15 is 0 Å². The number of nitrogens with one attached hydrogen (secondary N) is 1. The summed E-state index contributed by atoms with van der Waals surface area (Å²) in [5, 5.41) is 3.83. The van der Waals surface area contributed by atoms with Crippen LogP contribution in [0, 0.1) is 0 Å². The molecule has 0 spiro atoms. The van der Waals surface area contributed by atoms with Crippen LogP contribution < -0.4 is 11.1 Å². The van der Waals surface area contributed by atoms with Crippen molar-refractivity contribution in [3.63, 3.8) is 0 Å². The van der Waals surface area contributed by atoms with Crippen molar-refractivity contribution in [2.75, 3.05) is 5.32 Å². The highest BCUT2D eigenvalue weighted by atomic mass is 35.5. The third kappa shape index (κ3) is 3.74. The fourth-order valence-corrected chi connectivity index (χ4v) is 3.34. The number of primary amides is 1. The van der Waals surface area contributed by atoms with Gasteiger partial charge in [0.05, 0.1) is 21.9 Å². The van der Waals surface area contributed by atoms with Gasteiger partial charge in [-0.05, 0) is 38.1 Å². The molecule has 4 aromatic rings. The Hall–Kier alpha value is -3.52. The molecule has 1 amide bonds. The van der Waals surface area contributed by atoms with E-state index in [1.807, 2.05) is 20.0 Å². The Morgan fingerprint density at radius 3 is 2.66 bits per heavy atom. The standard InChI is InChI=1S/C20H18ClN7O/c1-20(2,17-14(21)4-3-6-23-17)27-19-24-9-13(10-25-19)15-11-28-7-5-12(18(22)29)8-16(28)26-15/h3-11H,1-2H3,(H2,22,29)(H,24,25,27). The Balaban J connectivity index is 1.59. The molecule has 0 radical (unpaired) electrons. The van der Waals surface area contributed by atoms with Gasteiger partial charge in [-0.15, -0.1) is 0 Å². The van der Waals surface area contributed by atoms with Gasteiger partial charge in [-0.1, -0.05) is 11.6 Å². The van der Waals surface area contributed by atoms with Gasteiger partial charge in [0, 0.05) is 42.1 Å². The number of aromatic nitrogens is 5. The van der Waals surface area contributed by atoms with Crippen LogP contribution in [0.2, 0.25) is 5.02 Å². The summed E-state index contributed by atoms with van der Waals surface area (Å²) >= 11 is 6.27. The SMILES string of the molecule is CC(C)(Nc1ncc(-c2cn3ccc(C(N)=O)cc3n2)cn1)c1ncccc1Cl. The highest BCUT2D eigenvalue weighted by Crippen LogP contribution is 2.28. The van der Waals surface area contributed by atoms with Crippen molar-refractivity contribution in [1.82, 2.24) is 24.3 Å². The number of anilines is 1. The highest BCUT2D eigenvalue weighted by Gasteiger charge is 2.25. The van der Waals surface area contributed by atoms with E-state index in [0.29, 0.717) is 33.6 Å². The number of carbonyl (C=O) groups is 1. The number of hydrogen-bond acceptors (Lipinski definition) is 6. The average Bonchev–Trinajstić information content (AvgIpc) is 3.11. The molecule has 9 heteroatoms. The van der Waals surface area contributed by atoms with Gasteiger partial charge in [0.1, 0.15) is 5.65 Å². The highest BCUT2D eigenvalue weighted by molar-refractivity contribution is 6.31. The molecule has 4 rings (SSSR count). The zero-order valence-corrected chi connectivity index (χ0v) is 16.6. The van der Waals surface area contributed by atoms with Gasteiger partial charge in [0.15, 0.2) is 0 Å². The number of imidazole rings is 1. The molecule has 0 saturated carbocycles. The maximum atomic E-state index is 11.3. The Bertz CT molecular complexity index is 1200. The van der Waals surface area contributed by atoms with Crippen LogP contribution in [0.4, 0.5) is 5.95 Å². The van der Waals surface area contributed by atoms with E-state index in [4.69, 9.17) is 17.3 Å². The predicted molar refractivity (Wildman–Crippen MR) is 111 cm³/mol. The number of fused-ring (bicyclic) bond motifs is 1. The summed E-state index contributed by atoms with van der Waals surface area (Å²) in [7, 11) is 0. The normalized spacial score (nSPS) is 11.6. The van der Waals surface area contributed by atoms with Crippen molar-refractivity contribution in [3.8, 4) is 11.3 Å². The number of rotatable bonds is 5. The summed E-state index contributed by atoms with van der Waals surface area (Å²) in [5.41, 5.74) is 7.92. The molecule has 4 heterocycles. The second kappa shape index (κ2) is 7.14. The third-order valence-corrected chi connectivity index (χ3v) is 4.77. The van der Waals surface area contributed by atoms with Crippen molar-refractivity contribution in [2.45, 2.75) is 19.4 Å². The number of halogens is 1. The van der Waals surface area contributed by atoms with E-state index in [1.54, 1.807) is 53.5 Å². The van der Waals surface area contributed by atoms with Gasteiger partial charge in [-0.25, -0.2) is 15.0 Å². The van der Waals surface area contributed by atoms with Gasteiger partial charge in [-0.2, -0.15) is 0 Å². The maximum Gasteiger partial charge on any atom is 0.248 e. The second-order valence-corrected chi connectivity index (χ2v) is 7.46. The molecular formula is C20H18ClN7O. The van der Waals surface area contributed by atoms with Crippen molar-refractivity contribution in [3.05, 3.63) is 71.5 Å². The first-order chi connectivity index (χ1) is 13.8. The van der Waals surface area contributed by atoms with Gasteiger partial charge in [0.2, 0.25) is 11.9 Å². The van der Waals surface area contributed by atoms with Crippen LogP contribution >= 0.6 is 11.6 Å². The first kappa shape index (κ1) is 18.8. The van der Waals surface area contributed by atoms with Gasteiger partial charge < -0.3 is 15.5 Å². The summed E-state index contributed by atoms with van der Waals surface area (Å²) in [6, 6.07) is 6.87. The molecule has 146 valence electrons. The minimum Gasteiger partial charge on any atom is -0.366 e. The quantitative estimate of drug-likeness (QED) is 0.525. The van der Waals surface area contributed by atoms with Crippen molar-refractivity contribution >= 4 is 29.1 Å². The molecule has 0 aliphatic heterocycles. The predicted octanol–water partition coefficient (Wildman–Crippen LogP) is 3.29. The van der Waals surface area contributed by atoms with Crippen LogP contribution in [0.1, 0.15) is 29.9 Å². The van der Waals surface area contributed by atoms with Crippen LogP contribution in [-0.4, -0.2) is 30.2 Å². The summed E-state index contributed by atoms with van der Waals surface area (Å²) in [4.78, 5) is 29.0. The number of hydrogen-bond donors (Lipinski definition) is 2. The first-order valence-electron chi connectivity index (χ1n) is 8.84. The number of pyridine rings is 2. The largest absolute Gasteiger partial charge is 0.366 e. The number of carbonyl (C=O) groups excluding carboxylic acids is 1. The monoisotopic (exact) mass is 407 g/mol. The van der Waals surface area contributed by atoms with Crippen LogP contribution in [0.25, 0.3) is 16.9 Å². The van der Waals surface area contributed by atoms with Crippen molar-refractivity contribution < 1.29 is 4.79 Å². The van der Waals surface area contributed by atoms with Crippen molar-refractivity contribution in [1.29, 1.82) is 0 Å². The topological polar surface area (TPSA) is 111 Å². The summed E-state index contributed by atoms with van der Waals surface area (Å²) in [6.07, 6.45) is 8.64.